The highest BCUT2D eigenvalue weighted by atomic mass is 32.2. The zero-order chi connectivity index (χ0) is 16.3. The maximum absolute atomic E-state index is 10.9. The zero-order valence-electron chi connectivity index (χ0n) is 11.3. The van der Waals surface area contributed by atoms with E-state index in [4.69, 9.17) is 0 Å². The van der Waals surface area contributed by atoms with E-state index in [0.717, 1.165) is 4.34 Å². The highest BCUT2D eigenvalue weighted by Gasteiger charge is 2.34. The van der Waals surface area contributed by atoms with E-state index in [1.807, 2.05) is 6.26 Å². The molecule has 22 heavy (non-hydrogen) atoms. The van der Waals surface area contributed by atoms with Crippen LogP contribution in [0.2, 0.25) is 0 Å². The molecule has 118 valence electrons. The third-order valence-electron chi connectivity index (χ3n) is 2.64. The lowest BCUT2D eigenvalue weighted by atomic mass is 10.4. The SMILES string of the molecule is CSc1sc(O)c2[n+]1CC(=O)N2.O=S(=O)([O-])c1ccccc1. The second-order valence-corrected chi connectivity index (χ2v) is 7.54. The van der Waals surface area contributed by atoms with Gasteiger partial charge in [0.15, 0.2) is 6.54 Å². The van der Waals surface area contributed by atoms with Crippen LogP contribution in [0.1, 0.15) is 0 Å². The van der Waals surface area contributed by atoms with Gasteiger partial charge >= 0.3 is 11.7 Å². The Morgan fingerprint density at radius 1 is 1.36 bits per heavy atom. The lowest BCUT2D eigenvalue weighted by Gasteiger charge is -2.04. The van der Waals surface area contributed by atoms with Gasteiger partial charge in [-0.3, -0.25) is 0 Å². The Bertz CT molecular complexity index is 787. The van der Waals surface area contributed by atoms with Gasteiger partial charge in [0.1, 0.15) is 10.1 Å². The van der Waals surface area contributed by atoms with E-state index in [0.29, 0.717) is 12.4 Å². The first kappa shape index (κ1) is 16.7. The van der Waals surface area contributed by atoms with Crippen molar-refractivity contribution in [2.45, 2.75) is 15.8 Å². The summed E-state index contributed by atoms with van der Waals surface area (Å²) in [6.07, 6.45) is 1.92. The molecule has 0 atom stereocenters. The smallest absolute Gasteiger partial charge is 0.349 e. The van der Waals surface area contributed by atoms with Crippen LogP contribution in [0.4, 0.5) is 5.82 Å². The van der Waals surface area contributed by atoms with Crippen LogP contribution in [-0.4, -0.2) is 30.2 Å². The Hall–Kier alpha value is -1.62. The average Bonchev–Trinajstić information content (AvgIpc) is 2.99. The number of aromatic nitrogens is 1. The molecular formula is C12H12N2O5S3. The Morgan fingerprint density at radius 3 is 2.50 bits per heavy atom. The molecule has 2 aromatic rings. The zero-order valence-corrected chi connectivity index (χ0v) is 13.8. The summed E-state index contributed by atoms with van der Waals surface area (Å²) in [7, 11) is -4.25. The van der Waals surface area contributed by atoms with Crippen molar-refractivity contribution in [1.82, 2.24) is 0 Å². The molecule has 1 amide bonds. The van der Waals surface area contributed by atoms with E-state index >= 15 is 0 Å². The summed E-state index contributed by atoms with van der Waals surface area (Å²) in [4.78, 5) is 10.7. The van der Waals surface area contributed by atoms with Crippen LogP contribution in [0.25, 0.3) is 0 Å². The van der Waals surface area contributed by atoms with Gasteiger partial charge in [-0.25, -0.2) is 18.5 Å². The minimum atomic E-state index is -4.25. The van der Waals surface area contributed by atoms with Crippen LogP contribution in [0.3, 0.4) is 0 Å². The topological polar surface area (TPSA) is 110 Å². The highest BCUT2D eigenvalue weighted by Crippen LogP contribution is 2.34. The van der Waals surface area contributed by atoms with E-state index in [1.54, 1.807) is 10.6 Å². The molecule has 1 aromatic heterocycles. The average molecular weight is 360 g/mol. The fourth-order valence-electron chi connectivity index (χ4n) is 1.71. The summed E-state index contributed by atoms with van der Waals surface area (Å²) >= 11 is 2.81. The number of nitrogens with zero attached hydrogens (tertiary/aromatic N) is 1. The minimum absolute atomic E-state index is 0.0663. The number of rotatable bonds is 2. The second-order valence-electron chi connectivity index (χ2n) is 4.13. The summed E-state index contributed by atoms with van der Waals surface area (Å²) in [5.74, 6) is 0.470. The van der Waals surface area contributed by atoms with Crippen molar-refractivity contribution in [1.29, 1.82) is 0 Å². The van der Waals surface area contributed by atoms with Gasteiger partial charge in [0.05, 0.1) is 4.90 Å². The first-order chi connectivity index (χ1) is 10.3. The summed E-state index contributed by atoms with van der Waals surface area (Å²) < 4.78 is 33.6. The van der Waals surface area contributed by atoms with Crippen LogP contribution < -0.4 is 9.88 Å². The summed E-state index contributed by atoms with van der Waals surface area (Å²) in [6.45, 7) is 0.322. The van der Waals surface area contributed by atoms with Crippen molar-refractivity contribution in [2.24, 2.45) is 0 Å². The number of benzene rings is 1. The molecule has 2 heterocycles. The molecule has 0 aliphatic carbocycles. The molecule has 1 aromatic carbocycles. The fourth-order valence-corrected chi connectivity index (χ4v) is 3.84. The van der Waals surface area contributed by atoms with Gasteiger partial charge in [0.25, 0.3) is 5.06 Å². The van der Waals surface area contributed by atoms with Gasteiger partial charge in [-0.2, -0.15) is 4.57 Å². The fraction of sp³-hybridized carbons (Fsp3) is 0.167. The molecule has 0 radical (unpaired) electrons. The number of carbonyl (C=O) groups is 1. The van der Waals surface area contributed by atoms with Crippen molar-refractivity contribution < 1.29 is 27.4 Å². The van der Waals surface area contributed by atoms with E-state index in [9.17, 15) is 22.9 Å². The number of hydrogen-bond donors (Lipinski definition) is 2. The second kappa shape index (κ2) is 6.65. The van der Waals surface area contributed by atoms with Gasteiger partial charge in [-0.05, 0) is 29.7 Å². The third kappa shape index (κ3) is 3.77. The van der Waals surface area contributed by atoms with Crippen LogP contribution in [0, 0.1) is 0 Å². The molecule has 3 rings (SSSR count). The van der Waals surface area contributed by atoms with Gasteiger partial charge in [-0.1, -0.05) is 30.0 Å². The lowest BCUT2D eigenvalue weighted by molar-refractivity contribution is -0.694. The highest BCUT2D eigenvalue weighted by molar-refractivity contribution is 8.00. The molecule has 2 N–H and O–H groups in total. The Kier molecular flexibility index (Phi) is 5.06. The van der Waals surface area contributed by atoms with Crippen molar-refractivity contribution in [3.63, 3.8) is 0 Å². The number of anilines is 1. The van der Waals surface area contributed by atoms with Crippen molar-refractivity contribution >= 4 is 44.9 Å². The Morgan fingerprint density at radius 2 is 2.00 bits per heavy atom. The largest absolute Gasteiger partial charge is 0.744 e. The van der Waals surface area contributed by atoms with Gasteiger partial charge in [0, 0.05) is 0 Å². The molecule has 1 aliphatic heterocycles. The van der Waals surface area contributed by atoms with Crippen LogP contribution in [0.5, 0.6) is 5.06 Å². The molecule has 0 fully saturated rings. The first-order valence-electron chi connectivity index (χ1n) is 5.93. The predicted octanol–water partition coefficient (Wildman–Crippen LogP) is 1.01. The van der Waals surface area contributed by atoms with E-state index in [2.05, 4.69) is 5.32 Å². The minimum Gasteiger partial charge on any atom is -0.744 e. The molecule has 0 saturated heterocycles. The molecule has 0 spiro atoms. The monoisotopic (exact) mass is 360 g/mol. The molecule has 1 aliphatic rings. The number of hydrogen-bond acceptors (Lipinski definition) is 7. The number of fused-ring (bicyclic) bond motifs is 1. The maximum atomic E-state index is 10.9. The van der Waals surface area contributed by atoms with Gasteiger partial charge < -0.3 is 9.66 Å². The molecule has 7 nitrogen and oxygen atoms in total. The van der Waals surface area contributed by atoms with Crippen molar-refractivity contribution in [2.75, 3.05) is 11.6 Å². The summed E-state index contributed by atoms with van der Waals surface area (Å²) in [5.41, 5.74) is 0. The lowest BCUT2D eigenvalue weighted by Crippen LogP contribution is -2.31. The Balaban J connectivity index is 0.000000164. The Labute approximate surface area is 135 Å². The molecular weight excluding hydrogens is 348 g/mol. The first-order valence-corrected chi connectivity index (χ1v) is 9.38. The summed E-state index contributed by atoms with van der Waals surface area (Å²) in [6, 6.07) is 7.19. The maximum Gasteiger partial charge on any atom is 0.349 e. The number of amides is 1. The number of aromatic hydroxyl groups is 1. The number of thiazole rings is 1. The van der Waals surface area contributed by atoms with E-state index < -0.39 is 10.1 Å². The van der Waals surface area contributed by atoms with Crippen LogP contribution in [0.15, 0.2) is 39.6 Å². The van der Waals surface area contributed by atoms with Gasteiger partial charge in [-0.15, -0.1) is 0 Å². The molecule has 0 unspecified atom stereocenters. The van der Waals surface area contributed by atoms with Crippen LogP contribution in [-0.2, 0) is 21.5 Å². The number of thioether (sulfide) groups is 1. The summed E-state index contributed by atoms with van der Waals surface area (Å²) in [5, 5.41) is 12.1. The molecule has 0 saturated carbocycles. The quantitative estimate of drug-likeness (QED) is 0.470. The van der Waals surface area contributed by atoms with Crippen molar-refractivity contribution in [3.05, 3.63) is 30.3 Å². The number of carbonyl (C=O) groups excluding carboxylic acids is 1. The molecule has 10 heteroatoms. The third-order valence-corrected chi connectivity index (χ3v) is 5.59. The standard InChI is InChI=1S/C6H6N2O2S2.C6H6O3S/c1-11-6-8-2-3(9)7-4(8)5(10)12-6;7-10(8,9)6-4-2-1-3-5-6/h2H2,1H3,(H-,7,9,10);1-5H,(H,7,8,9). The predicted molar refractivity (Wildman–Crippen MR) is 81.0 cm³/mol. The molecule has 0 bridgehead atoms. The van der Waals surface area contributed by atoms with Crippen molar-refractivity contribution in [3.8, 4) is 5.06 Å². The number of nitrogens with one attached hydrogen (secondary N) is 1. The van der Waals surface area contributed by atoms with E-state index in [1.165, 1.54) is 47.4 Å². The van der Waals surface area contributed by atoms with Crippen LogP contribution >= 0.6 is 23.1 Å². The normalized spacial score (nSPS) is 13.1. The van der Waals surface area contributed by atoms with Gasteiger partial charge in [0.2, 0.25) is 4.34 Å². The van der Waals surface area contributed by atoms with E-state index in [-0.39, 0.29) is 15.9 Å².